The van der Waals surface area contributed by atoms with Crippen LogP contribution < -0.4 is 10.1 Å². The second kappa shape index (κ2) is 8.36. The van der Waals surface area contributed by atoms with Gasteiger partial charge in [-0.2, -0.15) is 5.10 Å². The summed E-state index contributed by atoms with van der Waals surface area (Å²) in [5, 5.41) is 26.3. The number of carbonyl (C=O) groups excluding carboxylic acids is 1. The normalized spacial score (nSPS) is 19.3. The maximum Gasteiger partial charge on any atom is 0.261 e. The molecule has 1 aliphatic rings. The number of hydrogen-bond donors (Lipinski definition) is 3. The minimum Gasteiger partial charge on any atom is -0.488 e. The molecule has 0 radical (unpaired) electrons. The number of nitrogens with one attached hydrogen (secondary N) is 1. The van der Waals surface area contributed by atoms with E-state index in [4.69, 9.17) is 16.3 Å². The summed E-state index contributed by atoms with van der Waals surface area (Å²) in [5.74, 6) is 0.131. The first-order chi connectivity index (χ1) is 14.0. The zero-order valence-corrected chi connectivity index (χ0v) is 16.3. The van der Waals surface area contributed by atoms with Crippen molar-refractivity contribution >= 4 is 28.8 Å². The third-order valence-corrected chi connectivity index (χ3v) is 5.20. The lowest BCUT2D eigenvalue weighted by Gasteiger charge is -2.27. The van der Waals surface area contributed by atoms with Gasteiger partial charge in [0.25, 0.3) is 5.91 Å². The number of amides is 1. The van der Waals surface area contributed by atoms with Crippen molar-refractivity contribution in [3.05, 3.63) is 52.9 Å². The van der Waals surface area contributed by atoms with E-state index in [2.05, 4.69) is 15.4 Å². The summed E-state index contributed by atoms with van der Waals surface area (Å²) in [6, 6.07) is 5.07. The van der Waals surface area contributed by atoms with Gasteiger partial charge in [-0.25, -0.2) is 9.50 Å². The number of benzene rings is 1. The number of anilines is 1. The molecule has 0 aliphatic heterocycles. The molecule has 0 unspecified atom stereocenters. The molecule has 1 fully saturated rings. The summed E-state index contributed by atoms with van der Waals surface area (Å²) in [4.78, 5) is 17.1. The van der Waals surface area contributed by atoms with E-state index < -0.39 is 5.91 Å². The number of aliphatic hydroxyl groups excluding tert-OH is 2. The van der Waals surface area contributed by atoms with Crippen LogP contribution in [0.3, 0.4) is 0 Å². The van der Waals surface area contributed by atoms with Crippen LogP contribution in [0, 0.1) is 0 Å². The van der Waals surface area contributed by atoms with Crippen molar-refractivity contribution in [1.82, 2.24) is 14.6 Å². The third kappa shape index (κ3) is 4.34. The third-order valence-electron chi connectivity index (χ3n) is 4.96. The fourth-order valence-electron chi connectivity index (χ4n) is 3.39. The van der Waals surface area contributed by atoms with Crippen LogP contribution in [-0.2, 0) is 6.61 Å². The van der Waals surface area contributed by atoms with Crippen LogP contribution >= 0.6 is 11.6 Å². The number of aliphatic hydroxyl groups is 2. The Bertz CT molecular complexity index is 1030. The van der Waals surface area contributed by atoms with Crippen molar-refractivity contribution in [2.45, 2.75) is 44.5 Å². The number of nitrogens with zero attached hydrogens (tertiary/aromatic N) is 3. The lowest BCUT2D eigenvalue weighted by Crippen LogP contribution is -2.27. The van der Waals surface area contributed by atoms with Crippen molar-refractivity contribution in [2.75, 3.05) is 5.32 Å². The Morgan fingerprint density at radius 3 is 2.83 bits per heavy atom. The molecule has 1 aliphatic carbocycles. The number of aromatic nitrogens is 3. The molecule has 2 aromatic heterocycles. The van der Waals surface area contributed by atoms with Crippen LogP contribution in [0.2, 0.25) is 5.02 Å². The van der Waals surface area contributed by atoms with Crippen molar-refractivity contribution in [1.29, 1.82) is 0 Å². The van der Waals surface area contributed by atoms with E-state index in [1.165, 1.54) is 16.9 Å². The highest BCUT2D eigenvalue weighted by Crippen LogP contribution is 2.32. The van der Waals surface area contributed by atoms with Gasteiger partial charge in [0.1, 0.15) is 11.3 Å². The molecule has 4 rings (SSSR count). The van der Waals surface area contributed by atoms with Gasteiger partial charge in [-0.3, -0.25) is 4.79 Å². The van der Waals surface area contributed by atoms with E-state index in [1.807, 2.05) is 0 Å². The van der Waals surface area contributed by atoms with Crippen molar-refractivity contribution in [3.63, 3.8) is 0 Å². The van der Waals surface area contributed by atoms with Gasteiger partial charge >= 0.3 is 0 Å². The minimum absolute atomic E-state index is 0.0224. The Morgan fingerprint density at radius 2 is 2.07 bits per heavy atom. The average Bonchev–Trinajstić information content (AvgIpc) is 3.15. The van der Waals surface area contributed by atoms with Crippen LogP contribution in [0.4, 0.5) is 5.69 Å². The standard InChI is InChI=1S/C20H21ClN4O4/c21-13-1-6-18(29-15-4-2-14(27)3-5-15)17(7-13)24-20(28)16-9-23-25-10-12(11-26)8-22-19(16)25/h1,6-10,14-15,26-27H,2-5,11H2,(H,24,28). The lowest BCUT2D eigenvalue weighted by atomic mass is 9.95. The summed E-state index contributed by atoms with van der Waals surface area (Å²) >= 11 is 6.12. The van der Waals surface area contributed by atoms with E-state index in [9.17, 15) is 15.0 Å². The molecule has 1 aromatic carbocycles. The fourth-order valence-corrected chi connectivity index (χ4v) is 3.56. The molecule has 8 nitrogen and oxygen atoms in total. The van der Waals surface area contributed by atoms with Crippen LogP contribution in [0.1, 0.15) is 41.6 Å². The van der Waals surface area contributed by atoms with Crippen molar-refractivity contribution < 1.29 is 19.7 Å². The zero-order valence-electron chi connectivity index (χ0n) is 15.6. The summed E-state index contributed by atoms with van der Waals surface area (Å²) in [5.41, 5.74) is 1.72. The van der Waals surface area contributed by atoms with E-state index in [1.54, 1.807) is 24.4 Å². The molecule has 29 heavy (non-hydrogen) atoms. The largest absolute Gasteiger partial charge is 0.488 e. The van der Waals surface area contributed by atoms with Crippen LogP contribution in [0.15, 0.2) is 36.8 Å². The molecule has 3 N–H and O–H groups in total. The first kappa shape index (κ1) is 19.6. The Kier molecular flexibility index (Phi) is 5.66. The Hall–Kier alpha value is -2.68. The number of carbonyl (C=O) groups is 1. The molecule has 0 bridgehead atoms. The van der Waals surface area contributed by atoms with Crippen molar-refractivity contribution in [3.8, 4) is 5.75 Å². The van der Waals surface area contributed by atoms with Gasteiger partial charge in [0, 0.05) is 23.0 Å². The second-order valence-corrected chi connectivity index (χ2v) is 7.53. The molecule has 2 heterocycles. The van der Waals surface area contributed by atoms with Crippen LogP contribution in [-0.4, -0.2) is 42.9 Å². The van der Waals surface area contributed by atoms with Gasteiger partial charge in [0.15, 0.2) is 5.65 Å². The highest BCUT2D eigenvalue weighted by atomic mass is 35.5. The fraction of sp³-hybridized carbons (Fsp3) is 0.350. The predicted molar refractivity (Wildman–Crippen MR) is 107 cm³/mol. The molecule has 0 spiro atoms. The molecule has 0 atom stereocenters. The van der Waals surface area contributed by atoms with Gasteiger partial charge in [-0.15, -0.1) is 0 Å². The summed E-state index contributed by atoms with van der Waals surface area (Å²) in [6.45, 7) is -0.161. The smallest absolute Gasteiger partial charge is 0.261 e. The number of rotatable bonds is 5. The van der Waals surface area contributed by atoms with Gasteiger partial charge in [0.2, 0.25) is 0 Å². The summed E-state index contributed by atoms with van der Waals surface area (Å²) < 4.78 is 7.52. The van der Waals surface area contributed by atoms with Crippen LogP contribution in [0.25, 0.3) is 5.65 Å². The maximum atomic E-state index is 12.9. The molecule has 1 amide bonds. The first-order valence-corrected chi connectivity index (χ1v) is 9.80. The SMILES string of the molecule is O=C(Nc1cc(Cl)ccc1OC1CCC(O)CC1)c1cnn2cc(CO)cnc12. The number of halogens is 1. The Morgan fingerprint density at radius 1 is 1.28 bits per heavy atom. The number of fused-ring (bicyclic) bond motifs is 1. The van der Waals surface area contributed by atoms with Crippen LogP contribution in [0.5, 0.6) is 5.75 Å². The average molecular weight is 417 g/mol. The number of ether oxygens (including phenoxy) is 1. The predicted octanol–water partition coefficient (Wildman–Crippen LogP) is 2.81. The van der Waals surface area contributed by atoms with Gasteiger partial charge < -0.3 is 20.3 Å². The molecule has 3 aromatic rings. The van der Waals surface area contributed by atoms with E-state index in [0.29, 0.717) is 46.1 Å². The maximum absolute atomic E-state index is 12.9. The second-order valence-electron chi connectivity index (χ2n) is 7.09. The van der Waals surface area contributed by atoms with E-state index >= 15 is 0 Å². The monoisotopic (exact) mass is 416 g/mol. The summed E-state index contributed by atoms with van der Waals surface area (Å²) in [6.07, 6.45) is 7.15. The topological polar surface area (TPSA) is 109 Å². The first-order valence-electron chi connectivity index (χ1n) is 9.42. The highest BCUT2D eigenvalue weighted by molar-refractivity contribution is 6.31. The zero-order chi connectivity index (χ0) is 20.4. The van der Waals surface area contributed by atoms with Crippen molar-refractivity contribution in [2.24, 2.45) is 0 Å². The highest BCUT2D eigenvalue weighted by Gasteiger charge is 2.23. The van der Waals surface area contributed by atoms with Gasteiger partial charge in [0.05, 0.1) is 30.7 Å². The van der Waals surface area contributed by atoms with Gasteiger partial charge in [-0.1, -0.05) is 11.6 Å². The summed E-state index contributed by atoms with van der Waals surface area (Å²) in [7, 11) is 0. The lowest BCUT2D eigenvalue weighted by molar-refractivity contribution is 0.0669. The van der Waals surface area contributed by atoms with E-state index in [0.717, 1.165) is 12.8 Å². The quantitative estimate of drug-likeness (QED) is 0.590. The molecule has 9 heteroatoms. The van der Waals surface area contributed by atoms with Gasteiger partial charge in [-0.05, 0) is 43.9 Å². The number of hydrogen-bond acceptors (Lipinski definition) is 6. The Labute approximate surface area is 172 Å². The molecular formula is C20H21ClN4O4. The molecule has 1 saturated carbocycles. The molecule has 152 valence electrons. The van der Waals surface area contributed by atoms with E-state index in [-0.39, 0.29) is 18.8 Å². The Balaban J connectivity index is 1.55. The molecule has 0 saturated heterocycles. The minimum atomic E-state index is -0.393. The molecular weight excluding hydrogens is 396 g/mol.